The highest BCUT2D eigenvalue weighted by atomic mass is 35.5. The molecule has 1 aromatic carbocycles. The highest BCUT2D eigenvalue weighted by Crippen LogP contribution is 2.26. The number of nitrogens with zero attached hydrogens (tertiary/aromatic N) is 1. The van der Waals surface area contributed by atoms with Gasteiger partial charge in [0.2, 0.25) is 0 Å². The fourth-order valence-electron chi connectivity index (χ4n) is 3.86. The lowest BCUT2D eigenvalue weighted by Crippen LogP contribution is -2.46. The Balaban J connectivity index is 0.000000924. The van der Waals surface area contributed by atoms with Crippen LogP contribution in [0.25, 0.3) is 0 Å². The molecule has 0 amide bonds. The summed E-state index contributed by atoms with van der Waals surface area (Å²) in [6.07, 6.45) is 6.59. The summed E-state index contributed by atoms with van der Waals surface area (Å²) in [6, 6.07) is 7.36. The van der Waals surface area contributed by atoms with Crippen LogP contribution in [0.1, 0.15) is 50.7 Å². The van der Waals surface area contributed by atoms with Gasteiger partial charge in [0.15, 0.2) is 0 Å². The van der Waals surface area contributed by atoms with E-state index < -0.39 is 0 Å². The van der Waals surface area contributed by atoms with Gasteiger partial charge in [0.05, 0.1) is 0 Å². The molecule has 2 aliphatic rings. The van der Waals surface area contributed by atoms with Crippen LogP contribution in [0.15, 0.2) is 18.2 Å². The maximum atomic E-state index is 6.12. The lowest BCUT2D eigenvalue weighted by atomic mass is 9.88. The third kappa shape index (κ3) is 5.48. The van der Waals surface area contributed by atoms with Crippen LogP contribution in [0.5, 0.6) is 0 Å². The summed E-state index contributed by atoms with van der Waals surface area (Å²) in [7, 11) is 0. The molecule has 130 valence electrons. The summed E-state index contributed by atoms with van der Waals surface area (Å²) >= 11 is 6.12. The van der Waals surface area contributed by atoms with Gasteiger partial charge in [-0.2, -0.15) is 0 Å². The minimum Gasteiger partial charge on any atom is -0.317 e. The van der Waals surface area contributed by atoms with Gasteiger partial charge in [0, 0.05) is 11.1 Å². The van der Waals surface area contributed by atoms with Gasteiger partial charge in [-0.1, -0.05) is 37.6 Å². The molecule has 0 aromatic heterocycles. The summed E-state index contributed by atoms with van der Waals surface area (Å²) in [5.74, 6) is 0.851. The Labute approximate surface area is 147 Å². The second kappa shape index (κ2) is 9.66. The first-order valence-electron chi connectivity index (χ1n) is 9.42. The summed E-state index contributed by atoms with van der Waals surface area (Å²) in [4.78, 5) is 2.74. The molecule has 2 saturated heterocycles. The van der Waals surface area contributed by atoms with E-state index >= 15 is 0 Å². The number of aryl methyl sites for hydroxylation is 1. The molecule has 3 rings (SSSR count). The van der Waals surface area contributed by atoms with E-state index in [9.17, 15) is 0 Å². The molecule has 0 spiro atoms. The zero-order chi connectivity index (χ0) is 16.7. The number of rotatable bonds is 3. The van der Waals surface area contributed by atoms with Gasteiger partial charge in [-0.25, -0.2) is 0 Å². The fourth-order valence-corrected chi connectivity index (χ4v) is 3.98. The van der Waals surface area contributed by atoms with E-state index in [0.717, 1.165) is 17.0 Å². The van der Waals surface area contributed by atoms with E-state index in [1.54, 1.807) is 0 Å². The van der Waals surface area contributed by atoms with Crippen LogP contribution in [0.3, 0.4) is 0 Å². The molecule has 2 fully saturated rings. The van der Waals surface area contributed by atoms with Crippen molar-refractivity contribution in [3.63, 3.8) is 0 Å². The third-order valence-electron chi connectivity index (χ3n) is 5.22. The third-order valence-corrected chi connectivity index (χ3v) is 5.65. The number of likely N-dealkylation sites (tertiary alicyclic amines) is 1. The molecule has 1 N–H and O–H groups in total. The Bertz CT molecular complexity index is 461. The second-order valence-corrected chi connectivity index (χ2v) is 7.16. The van der Waals surface area contributed by atoms with Crippen LogP contribution in [0.4, 0.5) is 0 Å². The summed E-state index contributed by atoms with van der Waals surface area (Å²) < 4.78 is 0. The maximum absolute atomic E-state index is 6.12. The van der Waals surface area contributed by atoms with Crippen molar-refractivity contribution in [2.75, 3.05) is 26.2 Å². The summed E-state index contributed by atoms with van der Waals surface area (Å²) in [5, 5.41) is 4.36. The predicted molar refractivity (Wildman–Crippen MR) is 101 cm³/mol. The first-order chi connectivity index (χ1) is 11.2. The van der Waals surface area contributed by atoms with Crippen LogP contribution >= 0.6 is 11.6 Å². The van der Waals surface area contributed by atoms with Gasteiger partial charge in [-0.3, -0.25) is 0 Å². The van der Waals surface area contributed by atoms with Crippen LogP contribution in [0.2, 0.25) is 5.02 Å². The molecule has 3 heteroatoms. The molecular formula is C20H33ClN2. The minimum absolute atomic E-state index is 0.838. The number of hydrogen-bond acceptors (Lipinski definition) is 2. The smallest absolute Gasteiger partial charge is 0.0435 e. The molecule has 1 aromatic rings. The number of halogens is 1. The Hall–Kier alpha value is -0.570. The number of hydrogen-bond donors (Lipinski definition) is 1. The van der Waals surface area contributed by atoms with Crippen molar-refractivity contribution < 1.29 is 0 Å². The zero-order valence-corrected chi connectivity index (χ0v) is 15.8. The molecule has 0 aliphatic carbocycles. The first kappa shape index (κ1) is 18.8. The van der Waals surface area contributed by atoms with Crippen LogP contribution in [-0.2, 0) is 6.42 Å². The Morgan fingerprint density at radius 2 is 1.74 bits per heavy atom. The molecule has 23 heavy (non-hydrogen) atoms. The van der Waals surface area contributed by atoms with E-state index in [0.29, 0.717) is 0 Å². The van der Waals surface area contributed by atoms with Crippen molar-refractivity contribution in [2.24, 2.45) is 5.92 Å². The van der Waals surface area contributed by atoms with E-state index in [4.69, 9.17) is 11.6 Å². The molecule has 0 bridgehead atoms. The molecular weight excluding hydrogens is 304 g/mol. The normalized spacial score (nSPS) is 20.9. The van der Waals surface area contributed by atoms with E-state index in [1.807, 2.05) is 13.8 Å². The highest BCUT2D eigenvalue weighted by Gasteiger charge is 2.26. The second-order valence-electron chi connectivity index (χ2n) is 6.75. The molecule has 2 aliphatic heterocycles. The van der Waals surface area contributed by atoms with Gasteiger partial charge in [-0.05, 0) is 88.3 Å². The summed E-state index contributed by atoms with van der Waals surface area (Å²) in [5.41, 5.74) is 2.67. The van der Waals surface area contributed by atoms with Crippen molar-refractivity contribution in [3.05, 3.63) is 34.3 Å². The summed E-state index contributed by atoms with van der Waals surface area (Å²) in [6.45, 7) is 11.1. The molecule has 0 radical (unpaired) electrons. The molecule has 2 heterocycles. The van der Waals surface area contributed by atoms with Gasteiger partial charge in [0.1, 0.15) is 0 Å². The Kier molecular flexibility index (Phi) is 7.88. The number of benzene rings is 1. The average Bonchev–Trinajstić information content (AvgIpc) is 2.61. The standard InChI is InChI=1S/C18H27ClN2.C2H6/c1-14-12-16(2-3-18(14)19)13-15-6-10-21(11-7-15)17-4-8-20-9-5-17;1-2/h2-3,12,15,17,20H,4-11,13H2,1H3;1-2H3. The molecule has 0 unspecified atom stereocenters. The van der Waals surface area contributed by atoms with Gasteiger partial charge in [0.25, 0.3) is 0 Å². The number of piperidine rings is 2. The fraction of sp³-hybridized carbons (Fsp3) is 0.700. The zero-order valence-electron chi connectivity index (χ0n) is 15.1. The first-order valence-corrected chi connectivity index (χ1v) is 9.80. The Morgan fingerprint density at radius 3 is 2.35 bits per heavy atom. The van der Waals surface area contributed by atoms with Crippen molar-refractivity contribution in [1.29, 1.82) is 0 Å². The maximum Gasteiger partial charge on any atom is 0.0435 e. The molecule has 2 nitrogen and oxygen atoms in total. The number of nitrogens with one attached hydrogen (secondary N) is 1. The van der Waals surface area contributed by atoms with Crippen molar-refractivity contribution in [3.8, 4) is 0 Å². The van der Waals surface area contributed by atoms with Crippen molar-refractivity contribution >= 4 is 11.6 Å². The highest BCUT2D eigenvalue weighted by molar-refractivity contribution is 6.31. The van der Waals surface area contributed by atoms with Gasteiger partial charge in [-0.15, -0.1) is 0 Å². The molecule has 0 saturated carbocycles. The van der Waals surface area contributed by atoms with Gasteiger partial charge < -0.3 is 10.2 Å². The van der Waals surface area contributed by atoms with Crippen molar-refractivity contribution in [1.82, 2.24) is 10.2 Å². The van der Waals surface area contributed by atoms with Gasteiger partial charge >= 0.3 is 0 Å². The lowest BCUT2D eigenvalue weighted by Gasteiger charge is -2.39. The van der Waals surface area contributed by atoms with E-state index in [2.05, 4.69) is 35.3 Å². The average molecular weight is 337 g/mol. The van der Waals surface area contributed by atoms with Crippen LogP contribution < -0.4 is 5.32 Å². The topological polar surface area (TPSA) is 15.3 Å². The molecule has 0 atom stereocenters. The van der Waals surface area contributed by atoms with E-state index in [-0.39, 0.29) is 0 Å². The Morgan fingerprint density at radius 1 is 1.09 bits per heavy atom. The predicted octanol–water partition coefficient (Wildman–Crippen LogP) is 4.68. The minimum atomic E-state index is 0.838. The van der Waals surface area contributed by atoms with Crippen LogP contribution in [0, 0.1) is 12.8 Å². The monoisotopic (exact) mass is 336 g/mol. The largest absolute Gasteiger partial charge is 0.317 e. The SMILES string of the molecule is CC.Cc1cc(CC2CCN(C3CCNCC3)CC2)ccc1Cl. The van der Waals surface area contributed by atoms with Crippen LogP contribution in [-0.4, -0.2) is 37.1 Å². The van der Waals surface area contributed by atoms with Crippen molar-refractivity contribution in [2.45, 2.75) is 58.9 Å². The van der Waals surface area contributed by atoms with E-state index in [1.165, 1.54) is 69.4 Å². The lowest BCUT2D eigenvalue weighted by molar-refractivity contribution is 0.111. The quantitative estimate of drug-likeness (QED) is 0.862.